The Hall–Kier alpha value is -3.74. The maximum atomic E-state index is 13.3. The van der Waals surface area contributed by atoms with Crippen LogP contribution in [0.3, 0.4) is 0 Å². The highest BCUT2D eigenvalue weighted by atomic mass is 16.5. The molecule has 0 bridgehead atoms. The quantitative estimate of drug-likeness (QED) is 0.474. The zero-order valence-electron chi connectivity index (χ0n) is 14.3. The van der Waals surface area contributed by atoms with Crippen molar-refractivity contribution in [1.82, 2.24) is 0 Å². The van der Waals surface area contributed by atoms with E-state index < -0.39 is 29.1 Å². The molecule has 2 amide bonds. The number of ether oxygens (including phenoxy) is 1. The van der Waals surface area contributed by atoms with Gasteiger partial charge in [0.2, 0.25) is 0 Å². The summed E-state index contributed by atoms with van der Waals surface area (Å²) in [5.41, 5.74) is 0.558. The number of carbonyl (C=O) groups is 4. The number of rotatable bonds is 3. The van der Waals surface area contributed by atoms with E-state index in [2.05, 4.69) is 0 Å². The minimum atomic E-state index is -1.04. The van der Waals surface area contributed by atoms with Crippen molar-refractivity contribution in [2.24, 2.45) is 0 Å². The van der Waals surface area contributed by atoms with Crippen LogP contribution in [0.1, 0.15) is 6.92 Å². The lowest BCUT2D eigenvalue weighted by molar-refractivity contribution is -0.142. The van der Waals surface area contributed by atoms with E-state index >= 15 is 0 Å². The van der Waals surface area contributed by atoms with Crippen LogP contribution >= 0.6 is 0 Å². The Morgan fingerprint density at radius 1 is 0.852 bits per heavy atom. The van der Waals surface area contributed by atoms with E-state index in [1.165, 1.54) is 4.90 Å². The second-order valence-corrected chi connectivity index (χ2v) is 5.88. The van der Waals surface area contributed by atoms with Gasteiger partial charge in [-0.3, -0.25) is 24.2 Å². The van der Waals surface area contributed by atoms with Gasteiger partial charge in [0, 0.05) is 5.69 Å². The highest BCUT2D eigenvalue weighted by molar-refractivity contribution is 6.59. The first-order valence-corrected chi connectivity index (χ1v) is 8.35. The molecule has 7 heteroatoms. The second-order valence-electron chi connectivity index (χ2n) is 5.88. The van der Waals surface area contributed by atoms with Crippen molar-refractivity contribution in [1.29, 1.82) is 0 Å². The van der Waals surface area contributed by atoms with E-state index in [9.17, 15) is 19.2 Å². The van der Waals surface area contributed by atoms with Crippen LogP contribution < -0.4 is 9.80 Å². The minimum absolute atomic E-state index is 0.0181. The van der Waals surface area contributed by atoms with Crippen molar-refractivity contribution in [3.8, 4) is 0 Å². The molecule has 0 radical (unpaired) electrons. The average Bonchev–Trinajstić information content (AvgIpc) is 2.95. The van der Waals surface area contributed by atoms with E-state index in [-0.39, 0.29) is 12.3 Å². The molecular formula is C20H14N2O5. The Labute approximate surface area is 154 Å². The molecule has 7 nitrogen and oxygen atoms in total. The van der Waals surface area contributed by atoms with Gasteiger partial charge in [-0.05, 0) is 31.2 Å². The first kappa shape index (κ1) is 16.7. The van der Waals surface area contributed by atoms with Crippen molar-refractivity contribution >= 4 is 40.6 Å². The van der Waals surface area contributed by atoms with Crippen LogP contribution in [-0.2, 0) is 23.9 Å². The number of hydrogen-bond donors (Lipinski definition) is 0. The Morgan fingerprint density at radius 2 is 1.44 bits per heavy atom. The summed E-state index contributed by atoms with van der Waals surface area (Å²) in [4.78, 5) is 53.0. The Kier molecular flexibility index (Phi) is 3.84. The summed E-state index contributed by atoms with van der Waals surface area (Å²) in [6.07, 6.45) is 0. The molecule has 2 heterocycles. The Bertz CT molecular complexity index is 1030. The normalized spacial score (nSPS) is 15.8. The highest BCUT2D eigenvalue weighted by Gasteiger charge is 2.51. The maximum Gasteiger partial charge on any atom is 0.344 e. The smallest absolute Gasteiger partial charge is 0.344 e. The fourth-order valence-electron chi connectivity index (χ4n) is 3.25. The van der Waals surface area contributed by atoms with Gasteiger partial charge in [-0.1, -0.05) is 30.3 Å². The number of fused-ring (bicyclic) bond motifs is 3. The zero-order valence-corrected chi connectivity index (χ0v) is 14.3. The number of Topliss-reactive ketones (excluding diaryl/α,β-unsaturated/α-hetero) is 1. The average molecular weight is 362 g/mol. The van der Waals surface area contributed by atoms with Gasteiger partial charge in [0.25, 0.3) is 11.7 Å². The third-order valence-electron chi connectivity index (χ3n) is 4.35. The van der Waals surface area contributed by atoms with Crippen LogP contribution in [0.4, 0.5) is 17.1 Å². The molecule has 0 spiro atoms. The molecule has 0 N–H and O–H groups in total. The van der Waals surface area contributed by atoms with Gasteiger partial charge in [0.1, 0.15) is 11.3 Å². The molecule has 0 saturated carbocycles. The molecule has 0 aliphatic carbocycles. The molecule has 0 aromatic heterocycles. The number of para-hydroxylation sites is 3. The van der Waals surface area contributed by atoms with E-state index in [0.29, 0.717) is 17.1 Å². The first-order valence-electron chi connectivity index (χ1n) is 8.35. The first-order chi connectivity index (χ1) is 13.1. The number of nitrogens with zero attached hydrogens (tertiary/aromatic N) is 2. The van der Waals surface area contributed by atoms with Gasteiger partial charge in [0.05, 0.1) is 18.0 Å². The molecule has 0 saturated heterocycles. The molecule has 27 heavy (non-hydrogen) atoms. The van der Waals surface area contributed by atoms with Crippen LogP contribution in [0.25, 0.3) is 0 Å². The van der Waals surface area contributed by atoms with E-state index in [1.807, 2.05) is 6.07 Å². The predicted octanol–water partition coefficient (Wildman–Crippen LogP) is 2.10. The van der Waals surface area contributed by atoms with E-state index in [0.717, 1.165) is 4.90 Å². The lowest BCUT2D eigenvalue weighted by atomic mass is 10.1. The summed E-state index contributed by atoms with van der Waals surface area (Å²) in [6.45, 7) is 1.60. The molecule has 2 aliphatic heterocycles. The van der Waals surface area contributed by atoms with Crippen LogP contribution in [0.15, 0.2) is 65.9 Å². The van der Waals surface area contributed by atoms with Crippen LogP contribution in [0.5, 0.6) is 0 Å². The van der Waals surface area contributed by atoms with E-state index in [1.54, 1.807) is 55.5 Å². The third-order valence-corrected chi connectivity index (χ3v) is 4.35. The molecule has 2 aromatic carbocycles. The largest absolute Gasteiger partial charge is 0.462 e. The van der Waals surface area contributed by atoms with Gasteiger partial charge in [-0.2, -0.15) is 0 Å². The summed E-state index contributed by atoms with van der Waals surface area (Å²) in [6, 6.07) is 15.5. The molecule has 0 atom stereocenters. The number of amides is 2. The van der Waals surface area contributed by atoms with Gasteiger partial charge in [-0.15, -0.1) is 0 Å². The van der Waals surface area contributed by atoms with Crippen LogP contribution in [-0.4, -0.2) is 30.2 Å². The molecule has 2 aliphatic rings. The summed E-state index contributed by atoms with van der Waals surface area (Å²) in [7, 11) is 0. The predicted molar refractivity (Wildman–Crippen MR) is 96.2 cm³/mol. The SMILES string of the molecule is CCOC(=O)C1=C2C(=O)N(c3ccccc3)c3ccccc3N2C(=O)C1=O. The number of anilines is 3. The number of benzene rings is 2. The molecule has 0 fully saturated rings. The number of ketones is 1. The van der Waals surface area contributed by atoms with Crippen LogP contribution in [0, 0.1) is 0 Å². The molecule has 0 unspecified atom stereocenters. The molecule has 134 valence electrons. The van der Waals surface area contributed by atoms with Gasteiger partial charge < -0.3 is 4.74 Å². The van der Waals surface area contributed by atoms with Crippen molar-refractivity contribution in [3.63, 3.8) is 0 Å². The van der Waals surface area contributed by atoms with Crippen LogP contribution in [0.2, 0.25) is 0 Å². The maximum absolute atomic E-state index is 13.3. The zero-order chi connectivity index (χ0) is 19.1. The minimum Gasteiger partial charge on any atom is -0.462 e. The Morgan fingerprint density at radius 3 is 2.07 bits per heavy atom. The van der Waals surface area contributed by atoms with Crippen molar-refractivity contribution in [3.05, 3.63) is 65.9 Å². The van der Waals surface area contributed by atoms with E-state index in [4.69, 9.17) is 4.74 Å². The fourth-order valence-corrected chi connectivity index (χ4v) is 3.25. The van der Waals surface area contributed by atoms with Gasteiger partial charge in [0.15, 0.2) is 0 Å². The molecule has 4 rings (SSSR count). The van der Waals surface area contributed by atoms with Gasteiger partial charge >= 0.3 is 11.9 Å². The highest BCUT2D eigenvalue weighted by Crippen LogP contribution is 2.44. The summed E-state index contributed by atoms with van der Waals surface area (Å²) in [5.74, 6) is -3.60. The fraction of sp³-hybridized carbons (Fsp3) is 0.100. The standard InChI is InChI=1S/C20H14N2O5/c1-2-27-20(26)15-16-18(24)21(12-8-4-3-5-9-12)13-10-6-7-11-14(13)22(16)19(25)17(15)23/h3-11H,2H2,1H3. The summed E-state index contributed by atoms with van der Waals surface area (Å²) in [5, 5.41) is 0. The number of esters is 1. The van der Waals surface area contributed by atoms with Gasteiger partial charge in [-0.25, -0.2) is 4.79 Å². The molecular weight excluding hydrogens is 348 g/mol. The van der Waals surface area contributed by atoms with Crippen molar-refractivity contribution in [2.75, 3.05) is 16.4 Å². The summed E-state index contributed by atoms with van der Waals surface area (Å²) >= 11 is 0. The second kappa shape index (κ2) is 6.21. The van der Waals surface area contributed by atoms with Crippen molar-refractivity contribution < 1.29 is 23.9 Å². The monoisotopic (exact) mass is 362 g/mol. The Balaban J connectivity index is 1.99. The number of carbonyl (C=O) groups excluding carboxylic acids is 4. The molecule has 2 aromatic rings. The topological polar surface area (TPSA) is 84.0 Å². The summed E-state index contributed by atoms with van der Waals surface area (Å²) < 4.78 is 4.90. The van der Waals surface area contributed by atoms with Crippen molar-refractivity contribution in [2.45, 2.75) is 6.92 Å². The lowest BCUT2D eigenvalue weighted by Crippen LogP contribution is -2.42. The lowest BCUT2D eigenvalue weighted by Gasteiger charge is -2.35. The number of hydrogen-bond acceptors (Lipinski definition) is 5. The third kappa shape index (κ3) is 2.36.